The summed E-state index contributed by atoms with van der Waals surface area (Å²) >= 11 is 0. The number of nitrogens with one attached hydrogen (secondary N) is 1. The fourth-order valence-corrected chi connectivity index (χ4v) is 6.01. The number of rotatable bonds is 3. The van der Waals surface area contributed by atoms with Crippen LogP contribution in [-0.2, 0) is 28.0 Å². The number of methoxy groups -OCH3 is 1. The van der Waals surface area contributed by atoms with E-state index in [9.17, 15) is 9.59 Å². The first-order valence-electron chi connectivity index (χ1n) is 11.7. The quantitative estimate of drug-likeness (QED) is 0.577. The molecule has 2 aromatic rings. The highest BCUT2D eigenvalue weighted by atomic mass is 16.5. The van der Waals surface area contributed by atoms with Crippen LogP contribution in [0.25, 0.3) is 0 Å². The summed E-state index contributed by atoms with van der Waals surface area (Å²) in [5.41, 5.74) is 1.44. The molecule has 3 aliphatic carbocycles. The van der Waals surface area contributed by atoms with Crippen LogP contribution >= 0.6 is 0 Å². The molecule has 1 atom stereocenters. The van der Waals surface area contributed by atoms with Crippen molar-refractivity contribution in [2.24, 2.45) is 11.3 Å². The summed E-state index contributed by atoms with van der Waals surface area (Å²) in [6.45, 7) is 0.0205. The Kier molecular flexibility index (Phi) is 4.63. The van der Waals surface area contributed by atoms with Gasteiger partial charge >= 0.3 is 6.03 Å². The van der Waals surface area contributed by atoms with E-state index >= 15 is 0 Å². The minimum Gasteiger partial charge on any atom is -0.447 e. The Morgan fingerprint density at radius 2 is 2.06 bits per heavy atom. The number of hydrogen-bond acceptors (Lipinski definition) is 5. The second-order valence-electron chi connectivity index (χ2n) is 9.80. The van der Waals surface area contributed by atoms with Crippen LogP contribution in [0, 0.1) is 23.2 Å². The molecule has 3 amide bonds. The first-order valence-corrected chi connectivity index (χ1v) is 11.7. The van der Waals surface area contributed by atoms with Crippen LogP contribution in [0.3, 0.4) is 0 Å². The van der Waals surface area contributed by atoms with E-state index < -0.39 is 11.6 Å². The lowest BCUT2D eigenvalue weighted by Crippen LogP contribution is -2.56. The number of benzene rings is 1. The number of aromatic nitrogens is 1. The molecule has 7 heteroatoms. The summed E-state index contributed by atoms with van der Waals surface area (Å²) in [4.78, 5) is 32.7. The number of imide groups is 1. The number of urea groups is 1. The second-order valence-corrected chi connectivity index (χ2v) is 9.80. The topological polar surface area (TPSA) is 84.7 Å². The van der Waals surface area contributed by atoms with Gasteiger partial charge in [-0.25, -0.2) is 9.78 Å². The lowest BCUT2D eigenvalue weighted by molar-refractivity contribution is -0.139. The zero-order valence-corrected chi connectivity index (χ0v) is 18.7. The van der Waals surface area contributed by atoms with Gasteiger partial charge in [-0.05, 0) is 68.2 Å². The molecule has 2 heterocycles. The number of ether oxygens (including phenoxy) is 1. The van der Waals surface area contributed by atoms with Gasteiger partial charge in [0.15, 0.2) is 5.54 Å². The van der Waals surface area contributed by atoms with Crippen molar-refractivity contribution < 1.29 is 18.7 Å². The number of oxazole rings is 1. The van der Waals surface area contributed by atoms with Gasteiger partial charge in [0, 0.05) is 24.0 Å². The highest BCUT2D eigenvalue weighted by Crippen LogP contribution is 2.60. The fourth-order valence-electron chi connectivity index (χ4n) is 6.01. The molecule has 4 aliphatic rings. The van der Waals surface area contributed by atoms with Crippen molar-refractivity contribution in [3.8, 4) is 11.8 Å². The molecule has 7 nitrogen and oxygen atoms in total. The normalized spacial score (nSPS) is 30.5. The van der Waals surface area contributed by atoms with Crippen molar-refractivity contribution in [1.82, 2.24) is 15.2 Å². The predicted molar refractivity (Wildman–Crippen MR) is 119 cm³/mol. The lowest BCUT2D eigenvalue weighted by Gasteiger charge is -2.46. The molecular formula is C26H27N3O4. The molecule has 1 unspecified atom stereocenters. The highest BCUT2D eigenvalue weighted by molar-refractivity contribution is 6.08. The van der Waals surface area contributed by atoms with Gasteiger partial charge in [0.05, 0.1) is 12.3 Å². The van der Waals surface area contributed by atoms with E-state index in [-0.39, 0.29) is 24.0 Å². The minimum absolute atomic E-state index is 0.0205. The Labute approximate surface area is 192 Å². The van der Waals surface area contributed by atoms with Gasteiger partial charge in [0.1, 0.15) is 12.8 Å². The second kappa shape index (κ2) is 7.46. The van der Waals surface area contributed by atoms with Gasteiger partial charge < -0.3 is 14.5 Å². The molecule has 6 rings (SSSR count). The summed E-state index contributed by atoms with van der Waals surface area (Å²) in [5, 5.41) is 3.17. The van der Waals surface area contributed by atoms with Gasteiger partial charge in [-0.1, -0.05) is 17.9 Å². The van der Waals surface area contributed by atoms with Gasteiger partial charge in [-0.3, -0.25) is 9.69 Å². The standard InChI is InChI=1S/C26H27N3O4/c1-32-20-8-10-25(11-9-20)15-19-7-6-18(5-4-17-2-3-17)14-21(19)26(25)23(30)29(24(31)28-26)16-22-27-12-13-33-22/h6-7,12-14,17,20H,2-3,8-11,15-16H2,1H3,(H,28,31). The molecule has 1 aromatic heterocycles. The van der Waals surface area contributed by atoms with Crippen LogP contribution in [0.4, 0.5) is 4.79 Å². The number of amides is 3. The van der Waals surface area contributed by atoms with Crippen molar-refractivity contribution in [3.05, 3.63) is 53.2 Å². The average molecular weight is 446 g/mol. The summed E-state index contributed by atoms with van der Waals surface area (Å²) in [6.07, 6.45) is 9.59. The predicted octanol–water partition coefficient (Wildman–Crippen LogP) is 3.51. The molecule has 1 saturated heterocycles. The zero-order valence-electron chi connectivity index (χ0n) is 18.7. The van der Waals surface area contributed by atoms with E-state index in [1.54, 1.807) is 7.11 Å². The molecule has 1 aliphatic heterocycles. The largest absolute Gasteiger partial charge is 0.447 e. The van der Waals surface area contributed by atoms with Gasteiger partial charge in [0.25, 0.3) is 5.91 Å². The maximum atomic E-state index is 14.1. The maximum absolute atomic E-state index is 14.1. The average Bonchev–Trinajstić information content (AvgIpc) is 3.36. The third-order valence-electron chi connectivity index (χ3n) is 7.94. The Bertz CT molecular complexity index is 1170. The van der Waals surface area contributed by atoms with Crippen LogP contribution in [-0.4, -0.2) is 35.0 Å². The molecule has 2 saturated carbocycles. The highest BCUT2D eigenvalue weighted by Gasteiger charge is 2.68. The number of fused-ring (bicyclic) bond motifs is 3. The van der Waals surface area contributed by atoms with E-state index in [0.29, 0.717) is 11.8 Å². The molecule has 1 aromatic carbocycles. The van der Waals surface area contributed by atoms with Crippen LogP contribution in [0.5, 0.6) is 0 Å². The SMILES string of the molecule is COC1CCC2(CC1)Cc1ccc(C#CC3CC3)cc1C21NC(=O)N(Cc2ncco2)C1=O. The Morgan fingerprint density at radius 1 is 1.24 bits per heavy atom. The Balaban J connectivity index is 1.44. The van der Waals surface area contributed by atoms with E-state index in [2.05, 4.69) is 28.2 Å². The fraction of sp³-hybridized carbons (Fsp3) is 0.500. The maximum Gasteiger partial charge on any atom is 0.325 e. The van der Waals surface area contributed by atoms with Crippen LogP contribution in [0.15, 0.2) is 35.1 Å². The van der Waals surface area contributed by atoms with Crippen molar-refractivity contribution in [1.29, 1.82) is 0 Å². The van der Waals surface area contributed by atoms with E-state index in [1.807, 2.05) is 12.1 Å². The molecule has 0 bridgehead atoms. The van der Waals surface area contributed by atoms with E-state index in [4.69, 9.17) is 9.15 Å². The molecule has 1 N–H and O–H groups in total. The molecular weight excluding hydrogens is 418 g/mol. The van der Waals surface area contributed by atoms with Gasteiger partial charge in [-0.2, -0.15) is 0 Å². The molecule has 3 fully saturated rings. The third kappa shape index (κ3) is 3.12. The van der Waals surface area contributed by atoms with Crippen molar-refractivity contribution in [2.45, 2.75) is 63.1 Å². The molecule has 0 radical (unpaired) electrons. The van der Waals surface area contributed by atoms with E-state index in [1.165, 1.54) is 17.4 Å². The van der Waals surface area contributed by atoms with Gasteiger partial charge in [-0.15, -0.1) is 0 Å². The summed E-state index contributed by atoms with van der Waals surface area (Å²) in [6, 6.07) is 5.79. The monoisotopic (exact) mass is 445 g/mol. The summed E-state index contributed by atoms with van der Waals surface area (Å²) < 4.78 is 11.0. The number of hydrogen-bond donors (Lipinski definition) is 1. The third-order valence-corrected chi connectivity index (χ3v) is 7.94. The number of carbonyl (C=O) groups excluding carboxylic acids is 2. The number of carbonyl (C=O) groups is 2. The first-order chi connectivity index (χ1) is 16.0. The molecule has 170 valence electrons. The molecule has 33 heavy (non-hydrogen) atoms. The molecule has 2 spiro atoms. The van der Waals surface area contributed by atoms with Crippen LogP contribution in [0.1, 0.15) is 61.1 Å². The van der Waals surface area contributed by atoms with Crippen molar-refractivity contribution in [3.63, 3.8) is 0 Å². The Morgan fingerprint density at radius 3 is 2.76 bits per heavy atom. The Hall–Kier alpha value is -3.11. The number of nitrogens with zero attached hydrogens (tertiary/aromatic N) is 2. The zero-order chi connectivity index (χ0) is 22.6. The van der Waals surface area contributed by atoms with Crippen molar-refractivity contribution >= 4 is 11.9 Å². The van der Waals surface area contributed by atoms with Crippen molar-refractivity contribution in [2.75, 3.05) is 7.11 Å². The minimum atomic E-state index is -1.10. The first kappa shape index (κ1) is 20.5. The summed E-state index contributed by atoms with van der Waals surface area (Å²) in [7, 11) is 1.74. The van der Waals surface area contributed by atoms with Gasteiger partial charge in [0.2, 0.25) is 5.89 Å². The smallest absolute Gasteiger partial charge is 0.325 e. The van der Waals surface area contributed by atoms with Crippen LogP contribution < -0.4 is 5.32 Å². The lowest BCUT2D eigenvalue weighted by atomic mass is 9.61. The van der Waals surface area contributed by atoms with Crippen LogP contribution in [0.2, 0.25) is 0 Å². The summed E-state index contributed by atoms with van der Waals surface area (Å²) in [5.74, 6) is 7.23. The van der Waals surface area contributed by atoms with E-state index in [0.717, 1.165) is 61.6 Å².